The molecule has 3 N–H and O–H groups in total. The molecule has 0 saturated carbocycles. The van der Waals surface area contributed by atoms with Gasteiger partial charge in [-0.05, 0) is 12.5 Å². The average molecular weight is 208 g/mol. The zero-order valence-electron chi connectivity index (χ0n) is 8.13. The highest BCUT2D eigenvalue weighted by molar-refractivity contribution is 5.90. The van der Waals surface area contributed by atoms with Crippen LogP contribution >= 0.6 is 0 Å². The Morgan fingerprint density at radius 3 is 3.07 bits per heavy atom. The fraction of sp³-hybridized carbons (Fsp3) is 0.444. The standard InChI is InChI=1S/C9H12N4O2/c10-8(15)7-1-3-11-9(12-7)13-4-2-6(14)5-13/h1,3,6,14H,2,4-5H2,(H2,10,15)/t6-/m0/s1. The molecule has 1 aromatic rings. The van der Waals surface area contributed by atoms with E-state index in [-0.39, 0.29) is 11.8 Å². The molecule has 0 aromatic carbocycles. The van der Waals surface area contributed by atoms with E-state index in [2.05, 4.69) is 9.97 Å². The topological polar surface area (TPSA) is 92.3 Å². The third kappa shape index (κ3) is 2.04. The Labute approximate surface area is 86.7 Å². The van der Waals surface area contributed by atoms with Gasteiger partial charge in [0.05, 0.1) is 6.10 Å². The van der Waals surface area contributed by atoms with Crippen LogP contribution in [-0.4, -0.2) is 40.2 Å². The molecule has 1 aliphatic rings. The third-order valence-corrected chi connectivity index (χ3v) is 2.34. The summed E-state index contributed by atoms with van der Waals surface area (Å²) in [5.41, 5.74) is 5.31. The SMILES string of the molecule is NC(=O)c1ccnc(N2CC[C@H](O)C2)n1. The summed E-state index contributed by atoms with van der Waals surface area (Å²) in [6.07, 6.45) is 1.85. The first-order valence-corrected chi connectivity index (χ1v) is 4.72. The summed E-state index contributed by atoms with van der Waals surface area (Å²) < 4.78 is 0. The molecular weight excluding hydrogens is 196 g/mol. The largest absolute Gasteiger partial charge is 0.391 e. The van der Waals surface area contributed by atoms with Gasteiger partial charge in [-0.2, -0.15) is 0 Å². The van der Waals surface area contributed by atoms with Crippen molar-refractivity contribution in [2.45, 2.75) is 12.5 Å². The maximum Gasteiger partial charge on any atom is 0.267 e. The van der Waals surface area contributed by atoms with E-state index >= 15 is 0 Å². The monoisotopic (exact) mass is 208 g/mol. The predicted molar refractivity (Wildman–Crippen MR) is 53.4 cm³/mol. The number of nitrogens with two attached hydrogens (primary N) is 1. The van der Waals surface area contributed by atoms with Crippen molar-refractivity contribution in [2.24, 2.45) is 5.73 Å². The lowest BCUT2D eigenvalue weighted by Gasteiger charge is -2.14. The third-order valence-electron chi connectivity index (χ3n) is 2.34. The summed E-state index contributed by atoms with van der Waals surface area (Å²) >= 11 is 0. The Kier molecular flexibility index (Phi) is 2.51. The fourth-order valence-electron chi connectivity index (χ4n) is 1.56. The van der Waals surface area contributed by atoms with Crippen LogP contribution in [0.1, 0.15) is 16.9 Å². The predicted octanol–water partition coefficient (Wildman–Crippen LogP) is -0.854. The number of hydrogen-bond donors (Lipinski definition) is 2. The highest BCUT2D eigenvalue weighted by Crippen LogP contribution is 2.15. The van der Waals surface area contributed by atoms with Crippen molar-refractivity contribution < 1.29 is 9.90 Å². The van der Waals surface area contributed by atoms with E-state index in [4.69, 9.17) is 5.73 Å². The minimum Gasteiger partial charge on any atom is -0.391 e. The van der Waals surface area contributed by atoms with Crippen LogP contribution in [0.2, 0.25) is 0 Å². The quantitative estimate of drug-likeness (QED) is 0.660. The summed E-state index contributed by atoms with van der Waals surface area (Å²) in [5, 5.41) is 9.35. The van der Waals surface area contributed by atoms with Crippen molar-refractivity contribution in [1.82, 2.24) is 9.97 Å². The maximum atomic E-state index is 10.9. The molecule has 2 rings (SSSR count). The second-order valence-electron chi connectivity index (χ2n) is 3.49. The van der Waals surface area contributed by atoms with Crippen LogP contribution in [0.4, 0.5) is 5.95 Å². The molecule has 0 bridgehead atoms. The molecule has 0 spiro atoms. The van der Waals surface area contributed by atoms with Gasteiger partial charge in [-0.3, -0.25) is 4.79 Å². The van der Waals surface area contributed by atoms with Gasteiger partial charge in [0.1, 0.15) is 5.69 Å². The number of β-amino-alcohol motifs (C(OH)–C–C–N with tert-alkyl or cyclic N) is 1. The van der Waals surface area contributed by atoms with Crippen LogP contribution in [-0.2, 0) is 0 Å². The molecule has 1 aliphatic heterocycles. The number of carbonyl (C=O) groups excluding carboxylic acids is 1. The van der Waals surface area contributed by atoms with E-state index in [0.717, 1.165) is 0 Å². The first-order chi connectivity index (χ1) is 7.16. The van der Waals surface area contributed by atoms with Crippen molar-refractivity contribution in [3.05, 3.63) is 18.0 Å². The van der Waals surface area contributed by atoms with Crippen molar-refractivity contribution in [2.75, 3.05) is 18.0 Å². The number of carbonyl (C=O) groups is 1. The Morgan fingerprint density at radius 1 is 1.67 bits per heavy atom. The molecule has 0 aliphatic carbocycles. The van der Waals surface area contributed by atoms with Crippen molar-refractivity contribution in [1.29, 1.82) is 0 Å². The normalized spacial score (nSPS) is 20.6. The Morgan fingerprint density at radius 2 is 2.47 bits per heavy atom. The van der Waals surface area contributed by atoms with Gasteiger partial charge in [0, 0.05) is 19.3 Å². The smallest absolute Gasteiger partial charge is 0.267 e. The van der Waals surface area contributed by atoms with Crippen LogP contribution < -0.4 is 10.6 Å². The Balaban J connectivity index is 2.21. The van der Waals surface area contributed by atoms with E-state index in [1.165, 1.54) is 12.3 Å². The number of hydrogen-bond acceptors (Lipinski definition) is 5. The minimum absolute atomic E-state index is 0.196. The Hall–Kier alpha value is -1.69. The molecule has 0 radical (unpaired) electrons. The summed E-state index contributed by atoms with van der Waals surface area (Å²) in [4.78, 5) is 20.8. The zero-order valence-corrected chi connectivity index (χ0v) is 8.13. The van der Waals surface area contributed by atoms with E-state index in [1.54, 1.807) is 0 Å². The number of primary amides is 1. The maximum absolute atomic E-state index is 10.9. The van der Waals surface area contributed by atoms with Gasteiger partial charge in [0.2, 0.25) is 5.95 Å². The van der Waals surface area contributed by atoms with Gasteiger partial charge in [0.15, 0.2) is 0 Å². The van der Waals surface area contributed by atoms with Crippen LogP contribution in [0.5, 0.6) is 0 Å². The molecule has 1 atom stereocenters. The number of aliphatic hydroxyl groups is 1. The number of aliphatic hydroxyl groups excluding tert-OH is 1. The average Bonchev–Trinajstić information content (AvgIpc) is 2.65. The number of anilines is 1. The molecule has 1 fully saturated rings. The van der Waals surface area contributed by atoms with Crippen molar-refractivity contribution >= 4 is 11.9 Å². The Bertz CT molecular complexity index is 382. The van der Waals surface area contributed by atoms with E-state index < -0.39 is 5.91 Å². The molecule has 1 aromatic heterocycles. The zero-order chi connectivity index (χ0) is 10.8. The second kappa shape index (κ2) is 3.82. The molecule has 1 amide bonds. The van der Waals surface area contributed by atoms with Gasteiger partial charge in [-0.15, -0.1) is 0 Å². The van der Waals surface area contributed by atoms with Gasteiger partial charge in [0.25, 0.3) is 5.91 Å². The second-order valence-corrected chi connectivity index (χ2v) is 3.49. The molecule has 6 heteroatoms. The van der Waals surface area contributed by atoms with E-state index in [9.17, 15) is 9.90 Å². The summed E-state index contributed by atoms with van der Waals surface area (Å²) in [6, 6.07) is 1.47. The summed E-state index contributed by atoms with van der Waals surface area (Å²) in [5.74, 6) is -0.124. The van der Waals surface area contributed by atoms with E-state index in [0.29, 0.717) is 25.5 Å². The molecule has 80 valence electrons. The van der Waals surface area contributed by atoms with E-state index in [1.807, 2.05) is 4.90 Å². The lowest BCUT2D eigenvalue weighted by atomic mass is 10.3. The molecular formula is C9H12N4O2. The fourth-order valence-corrected chi connectivity index (χ4v) is 1.56. The molecule has 15 heavy (non-hydrogen) atoms. The minimum atomic E-state index is -0.571. The summed E-state index contributed by atoms with van der Waals surface area (Å²) in [7, 11) is 0. The lowest BCUT2D eigenvalue weighted by Crippen LogP contribution is -2.24. The summed E-state index contributed by atoms with van der Waals surface area (Å²) in [6.45, 7) is 1.20. The van der Waals surface area contributed by atoms with Crippen LogP contribution in [0.25, 0.3) is 0 Å². The van der Waals surface area contributed by atoms with Crippen LogP contribution in [0.15, 0.2) is 12.3 Å². The van der Waals surface area contributed by atoms with Gasteiger partial charge >= 0.3 is 0 Å². The molecule has 0 unspecified atom stereocenters. The first-order valence-electron chi connectivity index (χ1n) is 4.72. The van der Waals surface area contributed by atoms with Gasteiger partial charge < -0.3 is 15.7 Å². The first kappa shape index (κ1) is 9.85. The molecule has 6 nitrogen and oxygen atoms in total. The molecule has 2 heterocycles. The van der Waals surface area contributed by atoms with Gasteiger partial charge in [-0.1, -0.05) is 0 Å². The highest BCUT2D eigenvalue weighted by atomic mass is 16.3. The van der Waals surface area contributed by atoms with Crippen LogP contribution in [0.3, 0.4) is 0 Å². The number of rotatable bonds is 2. The number of nitrogens with zero attached hydrogens (tertiary/aromatic N) is 3. The van der Waals surface area contributed by atoms with Crippen molar-refractivity contribution in [3.63, 3.8) is 0 Å². The van der Waals surface area contributed by atoms with Crippen molar-refractivity contribution in [3.8, 4) is 0 Å². The van der Waals surface area contributed by atoms with Crippen LogP contribution in [0, 0.1) is 0 Å². The van der Waals surface area contributed by atoms with Gasteiger partial charge in [-0.25, -0.2) is 9.97 Å². The number of aromatic nitrogens is 2. The number of amides is 1. The highest BCUT2D eigenvalue weighted by Gasteiger charge is 2.22. The molecule has 1 saturated heterocycles. The lowest BCUT2D eigenvalue weighted by molar-refractivity contribution is 0.0995.